The van der Waals surface area contributed by atoms with Gasteiger partial charge >= 0.3 is 5.97 Å². The van der Waals surface area contributed by atoms with E-state index in [-0.39, 0.29) is 12.2 Å². The molecule has 0 aliphatic heterocycles. The number of hydrogen-bond acceptors (Lipinski definition) is 11. The molecule has 6 amide bonds. The van der Waals surface area contributed by atoms with Crippen molar-refractivity contribution in [3.63, 3.8) is 0 Å². The van der Waals surface area contributed by atoms with Crippen LogP contribution < -0.4 is 38.5 Å². The number of aromatic hydroxyl groups is 1. The topological polar surface area (TPSA) is 327 Å². The normalized spacial score (nSPS) is 14.3. The van der Waals surface area contributed by atoms with Crippen LogP contribution in [0.25, 0.3) is 0 Å². The number of benzene rings is 1. The standard InChI is InChI=1S/C23H33N7O11/c24-12(6-17(25)34)19(36)29-15(8-31)22(39)30-16(9-32)21(38)27-13(7-18(26)35)20(37)28-14(23(40)41)5-10-1-3-11(33)4-2-10/h1-4,12-16,31-33H,5-9,24H2,(H2,25,34)(H2,26,35)(H,27,38)(H,28,37)(H,29,36)(H,30,39)(H,40,41)/t12-,13-,14-,15-,16-/m0/s1. The van der Waals surface area contributed by atoms with Gasteiger partial charge in [0, 0.05) is 6.42 Å². The van der Waals surface area contributed by atoms with Crippen molar-refractivity contribution in [1.82, 2.24) is 21.3 Å². The molecule has 41 heavy (non-hydrogen) atoms. The number of carbonyl (C=O) groups is 7. The molecule has 1 aromatic carbocycles. The van der Waals surface area contributed by atoms with Crippen LogP contribution in [-0.4, -0.2) is 105 Å². The van der Waals surface area contributed by atoms with E-state index in [9.17, 15) is 54.0 Å². The van der Waals surface area contributed by atoms with Gasteiger partial charge in [0.25, 0.3) is 0 Å². The first kappa shape index (κ1) is 34.2. The summed E-state index contributed by atoms with van der Waals surface area (Å²) < 4.78 is 0. The molecular weight excluding hydrogens is 550 g/mol. The zero-order valence-electron chi connectivity index (χ0n) is 21.6. The average molecular weight is 584 g/mol. The van der Waals surface area contributed by atoms with Crippen molar-refractivity contribution >= 4 is 41.4 Å². The number of amides is 6. The van der Waals surface area contributed by atoms with Crippen molar-refractivity contribution in [1.29, 1.82) is 0 Å². The van der Waals surface area contributed by atoms with E-state index in [2.05, 4.69) is 10.6 Å². The second kappa shape index (κ2) is 16.3. The van der Waals surface area contributed by atoms with E-state index in [4.69, 9.17) is 17.2 Å². The molecule has 0 unspecified atom stereocenters. The first-order valence-electron chi connectivity index (χ1n) is 11.9. The molecule has 0 aliphatic rings. The highest BCUT2D eigenvalue weighted by Crippen LogP contribution is 2.12. The molecule has 1 aromatic rings. The summed E-state index contributed by atoms with van der Waals surface area (Å²) in [6, 6.07) is -2.70. The fourth-order valence-electron chi connectivity index (χ4n) is 3.27. The Bertz CT molecular complexity index is 1130. The van der Waals surface area contributed by atoms with Crippen molar-refractivity contribution in [2.45, 2.75) is 49.5 Å². The number of carboxylic acid groups (broad SMARTS) is 1. The van der Waals surface area contributed by atoms with Crippen LogP contribution in [-0.2, 0) is 40.0 Å². The lowest BCUT2D eigenvalue weighted by Crippen LogP contribution is -2.60. The maximum atomic E-state index is 12.8. The minimum Gasteiger partial charge on any atom is -0.508 e. The summed E-state index contributed by atoms with van der Waals surface area (Å²) >= 11 is 0. The molecular formula is C23H33N7O11. The fraction of sp³-hybridized carbons (Fsp3) is 0.435. The van der Waals surface area contributed by atoms with Gasteiger partial charge in [-0.05, 0) is 17.7 Å². The van der Waals surface area contributed by atoms with E-state index in [1.807, 2.05) is 10.6 Å². The number of nitrogens with two attached hydrogens (primary N) is 3. The van der Waals surface area contributed by atoms with Gasteiger partial charge in [-0.15, -0.1) is 0 Å². The number of carbonyl (C=O) groups excluding carboxylic acids is 6. The quantitative estimate of drug-likeness (QED) is 0.0816. The lowest BCUT2D eigenvalue weighted by atomic mass is 10.0. The van der Waals surface area contributed by atoms with Gasteiger partial charge in [-0.25, -0.2) is 4.79 Å². The largest absolute Gasteiger partial charge is 0.508 e. The lowest BCUT2D eigenvalue weighted by molar-refractivity contribution is -0.142. The maximum Gasteiger partial charge on any atom is 0.326 e. The summed E-state index contributed by atoms with van der Waals surface area (Å²) in [4.78, 5) is 84.2. The highest BCUT2D eigenvalue weighted by atomic mass is 16.4. The molecule has 14 N–H and O–H groups in total. The summed E-state index contributed by atoms with van der Waals surface area (Å²) in [7, 11) is 0. The van der Waals surface area contributed by atoms with Crippen LogP contribution >= 0.6 is 0 Å². The van der Waals surface area contributed by atoms with Crippen LogP contribution in [0.3, 0.4) is 0 Å². The molecule has 0 aliphatic carbocycles. The van der Waals surface area contributed by atoms with E-state index < -0.39 is 97.7 Å². The van der Waals surface area contributed by atoms with Crippen LogP contribution in [0.4, 0.5) is 0 Å². The molecule has 0 aromatic heterocycles. The van der Waals surface area contributed by atoms with Gasteiger partial charge in [-0.2, -0.15) is 0 Å². The molecule has 0 bridgehead atoms. The third kappa shape index (κ3) is 11.9. The average Bonchev–Trinajstić information content (AvgIpc) is 2.89. The zero-order valence-corrected chi connectivity index (χ0v) is 21.6. The summed E-state index contributed by atoms with van der Waals surface area (Å²) in [5.74, 6) is -8.02. The van der Waals surface area contributed by atoms with Gasteiger partial charge in [0.2, 0.25) is 35.4 Å². The molecule has 18 nitrogen and oxygen atoms in total. The van der Waals surface area contributed by atoms with Gasteiger partial charge in [0.15, 0.2) is 0 Å². The Labute approximate surface area is 232 Å². The molecule has 226 valence electrons. The molecule has 1 rings (SSSR count). The first-order valence-corrected chi connectivity index (χ1v) is 11.9. The van der Waals surface area contributed by atoms with Gasteiger partial charge in [-0.3, -0.25) is 28.8 Å². The monoisotopic (exact) mass is 583 g/mol. The molecule has 0 spiro atoms. The molecule has 0 saturated heterocycles. The maximum absolute atomic E-state index is 12.8. The predicted molar refractivity (Wildman–Crippen MR) is 137 cm³/mol. The second-order valence-electron chi connectivity index (χ2n) is 8.77. The van der Waals surface area contributed by atoms with Crippen molar-refractivity contribution in [2.75, 3.05) is 13.2 Å². The number of primary amides is 2. The number of aliphatic hydroxyl groups is 2. The van der Waals surface area contributed by atoms with Crippen LogP contribution in [0.5, 0.6) is 5.75 Å². The lowest BCUT2D eigenvalue weighted by Gasteiger charge is -2.24. The predicted octanol–water partition coefficient (Wildman–Crippen LogP) is -5.98. The second-order valence-corrected chi connectivity index (χ2v) is 8.77. The molecule has 0 heterocycles. The number of phenols is 1. The zero-order chi connectivity index (χ0) is 31.3. The van der Waals surface area contributed by atoms with Gasteiger partial charge in [0.05, 0.1) is 32.1 Å². The Morgan fingerprint density at radius 1 is 0.659 bits per heavy atom. The third-order valence-electron chi connectivity index (χ3n) is 5.42. The molecule has 0 fully saturated rings. The molecule has 0 saturated carbocycles. The summed E-state index contributed by atoms with van der Waals surface area (Å²) in [5, 5.41) is 46.3. The summed E-state index contributed by atoms with van der Waals surface area (Å²) in [6.07, 6.45) is -1.58. The van der Waals surface area contributed by atoms with E-state index in [1.54, 1.807) is 0 Å². The van der Waals surface area contributed by atoms with E-state index in [1.165, 1.54) is 24.3 Å². The van der Waals surface area contributed by atoms with E-state index in [0.717, 1.165) is 0 Å². The van der Waals surface area contributed by atoms with Gasteiger partial charge in [0.1, 0.15) is 29.9 Å². The fourth-order valence-corrected chi connectivity index (χ4v) is 3.27. The number of carboxylic acids is 1. The van der Waals surface area contributed by atoms with Crippen molar-refractivity contribution in [2.24, 2.45) is 17.2 Å². The Balaban J connectivity index is 2.94. The highest BCUT2D eigenvalue weighted by molar-refractivity contribution is 5.97. The van der Waals surface area contributed by atoms with Crippen molar-refractivity contribution in [3.8, 4) is 5.75 Å². The minimum atomic E-state index is -1.77. The Morgan fingerprint density at radius 2 is 1.07 bits per heavy atom. The van der Waals surface area contributed by atoms with E-state index >= 15 is 0 Å². The summed E-state index contributed by atoms with van der Waals surface area (Å²) in [5.41, 5.74) is 16.0. The van der Waals surface area contributed by atoms with Crippen molar-refractivity contribution < 1.29 is 54.0 Å². The first-order chi connectivity index (χ1) is 19.2. The summed E-state index contributed by atoms with van der Waals surface area (Å²) in [6.45, 7) is -2.03. The van der Waals surface area contributed by atoms with Gasteiger partial charge in [-0.1, -0.05) is 12.1 Å². The van der Waals surface area contributed by atoms with Gasteiger partial charge < -0.3 is 58.9 Å². The minimum absolute atomic E-state index is 0.0706. The SMILES string of the molecule is NC(=O)C[C@H](NC(=O)[C@H](CO)NC(=O)[C@H](CO)NC(=O)[C@@H](N)CC(N)=O)C(=O)N[C@@H](Cc1ccc(O)cc1)C(=O)O. The van der Waals surface area contributed by atoms with Crippen LogP contribution in [0.1, 0.15) is 18.4 Å². The number of aliphatic hydroxyl groups excluding tert-OH is 2. The highest BCUT2D eigenvalue weighted by Gasteiger charge is 2.32. The third-order valence-corrected chi connectivity index (χ3v) is 5.42. The number of nitrogens with one attached hydrogen (secondary N) is 4. The number of aliphatic carboxylic acids is 1. The number of phenolic OH excluding ortho intramolecular Hbond substituents is 1. The van der Waals surface area contributed by atoms with Crippen LogP contribution in [0, 0.1) is 0 Å². The molecule has 5 atom stereocenters. The Morgan fingerprint density at radius 3 is 1.51 bits per heavy atom. The molecule has 18 heteroatoms. The number of hydrogen-bond donors (Lipinski definition) is 11. The van der Waals surface area contributed by atoms with Crippen LogP contribution in [0.15, 0.2) is 24.3 Å². The van der Waals surface area contributed by atoms with E-state index in [0.29, 0.717) is 5.56 Å². The van der Waals surface area contributed by atoms with Crippen molar-refractivity contribution in [3.05, 3.63) is 29.8 Å². The number of rotatable bonds is 17. The smallest absolute Gasteiger partial charge is 0.326 e. The Hall–Kier alpha value is -4.81. The molecule has 0 radical (unpaired) electrons. The Kier molecular flexibility index (Phi) is 13.6. The van der Waals surface area contributed by atoms with Crippen LogP contribution in [0.2, 0.25) is 0 Å².